The first kappa shape index (κ1) is 16.1. The number of aryl methyl sites for hydroxylation is 1. The van der Waals surface area contributed by atoms with Crippen molar-refractivity contribution in [3.63, 3.8) is 0 Å². The van der Waals surface area contributed by atoms with Crippen molar-refractivity contribution in [2.45, 2.75) is 20.0 Å². The number of nitrogens with one attached hydrogen (secondary N) is 1. The Labute approximate surface area is 140 Å². The van der Waals surface area contributed by atoms with Crippen molar-refractivity contribution < 1.29 is 19.4 Å². The second-order valence-electron chi connectivity index (χ2n) is 6.05. The number of amides is 1. The van der Waals surface area contributed by atoms with E-state index in [1.807, 2.05) is 55.5 Å². The number of aliphatic carboxylic acids is 1. The van der Waals surface area contributed by atoms with Crippen LogP contribution in [0.3, 0.4) is 0 Å². The number of ether oxygens (including phenoxy) is 1. The van der Waals surface area contributed by atoms with Crippen molar-refractivity contribution in [3.8, 4) is 5.75 Å². The molecule has 124 valence electrons. The molecule has 3 rings (SSSR count). The van der Waals surface area contributed by atoms with Crippen molar-refractivity contribution >= 4 is 17.6 Å². The average Bonchev–Trinajstić information content (AvgIpc) is 3.36. The Kier molecular flexibility index (Phi) is 4.51. The number of hydrogen-bond acceptors (Lipinski definition) is 3. The minimum absolute atomic E-state index is 0.266. The maximum atomic E-state index is 12.2. The summed E-state index contributed by atoms with van der Waals surface area (Å²) in [7, 11) is 0. The fraction of sp³-hybridized carbons (Fsp3) is 0.263. The lowest BCUT2D eigenvalue weighted by Crippen LogP contribution is -2.17. The Hall–Kier alpha value is -2.82. The van der Waals surface area contributed by atoms with Crippen molar-refractivity contribution in [2.75, 3.05) is 5.32 Å². The van der Waals surface area contributed by atoms with Crippen molar-refractivity contribution in [2.24, 2.45) is 11.8 Å². The predicted octanol–water partition coefficient (Wildman–Crippen LogP) is 3.23. The van der Waals surface area contributed by atoms with Gasteiger partial charge in [0.1, 0.15) is 12.4 Å². The smallest absolute Gasteiger partial charge is 0.307 e. The standard InChI is InChI=1S/C19H19NO4/c1-12-7-8-17(24-11-13-5-3-2-4-6-13)16(9-12)20-18(21)14-10-15(14)19(22)23/h2-9,14-15H,10-11H2,1H3,(H,20,21)(H,22,23). The highest BCUT2D eigenvalue weighted by Crippen LogP contribution is 2.40. The highest BCUT2D eigenvalue weighted by atomic mass is 16.5. The molecule has 0 radical (unpaired) electrons. The lowest BCUT2D eigenvalue weighted by atomic mass is 10.2. The van der Waals surface area contributed by atoms with Gasteiger partial charge in [0.25, 0.3) is 0 Å². The van der Waals surface area contributed by atoms with Crippen LogP contribution in [-0.2, 0) is 16.2 Å². The van der Waals surface area contributed by atoms with Gasteiger partial charge in [-0.25, -0.2) is 0 Å². The Morgan fingerprint density at radius 1 is 1.17 bits per heavy atom. The summed E-state index contributed by atoms with van der Waals surface area (Å²) in [6, 6.07) is 15.3. The summed E-state index contributed by atoms with van der Waals surface area (Å²) < 4.78 is 5.82. The van der Waals surface area contributed by atoms with Crippen LogP contribution in [0.5, 0.6) is 5.75 Å². The van der Waals surface area contributed by atoms with E-state index in [0.717, 1.165) is 11.1 Å². The molecule has 0 heterocycles. The largest absolute Gasteiger partial charge is 0.487 e. The van der Waals surface area contributed by atoms with Gasteiger partial charge in [0, 0.05) is 0 Å². The summed E-state index contributed by atoms with van der Waals surface area (Å²) in [5.74, 6) is -1.63. The third kappa shape index (κ3) is 3.74. The zero-order valence-corrected chi connectivity index (χ0v) is 13.4. The summed E-state index contributed by atoms with van der Waals surface area (Å²) in [5, 5.41) is 11.8. The van der Waals surface area contributed by atoms with Gasteiger partial charge in [-0.15, -0.1) is 0 Å². The van der Waals surface area contributed by atoms with Crippen LogP contribution in [0.25, 0.3) is 0 Å². The molecule has 2 atom stereocenters. The quantitative estimate of drug-likeness (QED) is 0.855. The molecule has 2 aromatic carbocycles. The van der Waals surface area contributed by atoms with E-state index in [9.17, 15) is 9.59 Å². The third-order valence-electron chi connectivity index (χ3n) is 4.07. The number of hydrogen-bond donors (Lipinski definition) is 2. The first-order valence-electron chi connectivity index (χ1n) is 7.85. The van der Waals surface area contributed by atoms with E-state index in [1.165, 1.54) is 0 Å². The van der Waals surface area contributed by atoms with Crippen LogP contribution >= 0.6 is 0 Å². The first-order valence-corrected chi connectivity index (χ1v) is 7.85. The number of carbonyl (C=O) groups is 2. The SMILES string of the molecule is Cc1ccc(OCc2ccccc2)c(NC(=O)C2CC2C(=O)O)c1. The summed E-state index contributed by atoms with van der Waals surface area (Å²) in [4.78, 5) is 23.1. The van der Waals surface area contributed by atoms with Crippen LogP contribution in [0.1, 0.15) is 17.5 Å². The van der Waals surface area contributed by atoms with Gasteiger partial charge >= 0.3 is 5.97 Å². The fourth-order valence-corrected chi connectivity index (χ4v) is 2.59. The van der Waals surface area contributed by atoms with Crippen LogP contribution in [0.15, 0.2) is 48.5 Å². The second kappa shape index (κ2) is 6.74. The molecular formula is C19H19NO4. The van der Waals surface area contributed by atoms with Crippen molar-refractivity contribution in [1.82, 2.24) is 0 Å². The topological polar surface area (TPSA) is 75.6 Å². The van der Waals surface area contributed by atoms with Crippen LogP contribution in [-0.4, -0.2) is 17.0 Å². The molecule has 1 aliphatic rings. The first-order chi connectivity index (χ1) is 11.5. The minimum atomic E-state index is -0.917. The number of carboxylic acid groups (broad SMARTS) is 1. The number of carbonyl (C=O) groups excluding carboxylic acids is 1. The molecule has 0 bridgehead atoms. The van der Waals surface area contributed by atoms with Gasteiger partial charge in [0.15, 0.2) is 0 Å². The van der Waals surface area contributed by atoms with Crippen molar-refractivity contribution in [1.29, 1.82) is 0 Å². The number of anilines is 1. The van der Waals surface area contributed by atoms with Crippen LogP contribution < -0.4 is 10.1 Å². The summed E-state index contributed by atoms with van der Waals surface area (Å²) in [5.41, 5.74) is 2.60. The molecule has 24 heavy (non-hydrogen) atoms. The molecule has 1 saturated carbocycles. The molecule has 0 spiro atoms. The van der Waals surface area contributed by atoms with Crippen LogP contribution in [0.4, 0.5) is 5.69 Å². The molecule has 2 aromatic rings. The molecular weight excluding hydrogens is 306 g/mol. The Morgan fingerprint density at radius 2 is 1.92 bits per heavy atom. The van der Waals surface area contributed by atoms with E-state index in [-0.39, 0.29) is 5.91 Å². The van der Waals surface area contributed by atoms with Gasteiger partial charge in [0.2, 0.25) is 5.91 Å². The highest BCUT2D eigenvalue weighted by Gasteiger charge is 2.48. The molecule has 0 aromatic heterocycles. The zero-order chi connectivity index (χ0) is 17.1. The molecule has 5 heteroatoms. The number of rotatable bonds is 6. The van der Waals surface area contributed by atoms with Gasteiger partial charge in [-0.2, -0.15) is 0 Å². The van der Waals surface area contributed by atoms with E-state index in [0.29, 0.717) is 24.5 Å². The maximum absolute atomic E-state index is 12.2. The van der Waals surface area contributed by atoms with Gasteiger partial charge < -0.3 is 15.2 Å². The molecule has 5 nitrogen and oxygen atoms in total. The van der Waals surface area contributed by atoms with Crippen LogP contribution in [0.2, 0.25) is 0 Å². The molecule has 0 aliphatic heterocycles. The van der Waals surface area contributed by atoms with Crippen LogP contribution in [0, 0.1) is 18.8 Å². The van der Waals surface area contributed by atoms with E-state index in [2.05, 4.69) is 5.32 Å². The maximum Gasteiger partial charge on any atom is 0.307 e. The fourth-order valence-electron chi connectivity index (χ4n) is 2.59. The zero-order valence-electron chi connectivity index (χ0n) is 13.4. The van der Waals surface area contributed by atoms with Gasteiger partial charge in [-0.3, -0.25) is 9.59 Å². The number of carboxylic acids is 1. The average molecular weight is 325 g/mol. The number of benzene rings is 2. The van der Waals surface area contributed by atoms with E-state index >= 15 is 0 Å². The van der Waals surface area contributed by atoms with E-state index in [4.69, 9.17) is 9.84 Å². The normalized spacial score (nSPS) is 18.7. The highest BCUT2D eigenvalue weighted by molar-refractivity contribution is 5.99. The summed E-state index contributed by atoms with van der Waals surface area (Å²) in [6.45, 7) is 2.32. The summed E-state index contributed by atoms with van der Waals surface area (Å²) >= 11 is 0. The third-order valence-corrected chi connectivity index (χ3v) is 4.07. The summed E-state index contributed by atoms with van der Waals surface area (Å²) in [6.07, 6.45) is 0.396. The van der Waals surface area contributed by atoms with E-state index < -0.39 is 17.8 Å². The lowest BCUT2D eigenvalue weighted by Gasteiger charge is -2.13. The Morgan fingerprint density at radius 3 is 2.58 bits per heavy atom. The molecule has 1 aliphatic carbocycles. The minimum Gasteiger partial charge on any atom is -0.487 e. The molecule has 2 N–H and O–H groups in total. The molecule has 1 amide bonds. The van der Waals surface area contributed by atoms with E-state index in [1.54, 1.807) is 0 Å². The monoisotopic (exact) mass is 325 g/mol. The van der Waals surface area contributed by atoms with Gasteiger partial charge in [0.05, 0.1) is 17.5 Å². The lowest BCUT2D eigenvalue weighted by molar-refractivity contribution is -0.139. The second-order valence-corrected chi connectivity index (χ2v) is 6.05. The molecule has 0 saturated heterocycles. The predicted molar refractivity (Wildman–Crippen MR) is 89.8 cm³/mol. The van der Waals surface area contributed by atoms with Gasteiger partial charge in [-0.05, 0) is 36.6 Å². The molecule has 2 unspecified atom stereocenters. The van der Waals surface area contributed by atoms with Gasteiger partial charge in [-0.1, -0.05) is 36.4 Å². The van der Waals surface area contributed by atoms with Crippen molar-refractivity contribution in [3.05, 3.63) is 59.7 Å². The Bertz CT molecular complexity index is 757. The molecule has 1 fully saturated rings. The Balaban J connectivity index is 1.69.